The number of halogens is 1. The highest BCUT2D eigenvalue weighted by Gasteiger charge is 2.27. The average Bonchev–Trinajstić information content (AvgIpc) is 2.35. The smallest absolute Gasteiger partial charge is 0.127 e. The van der Waals surface area contributed by atoms with Crippen LogP contribution in [0, 0.1) is 5.92 Å². The Morgan fingerprint density at radius 1 is 1.35 bits per heavy atom. The summed E-state index contributed by atoms with van der Waals surface area (Å²) >= 11 is 3.55. The summed E-state index contributed by atoms with van der Waals surface area (Å²) in [5, 5.41) is 0. The SMILES string of the molecule is CN1CCC(C(C=O)c2ccccc2Br)CC1. The van der Waals surface area contributed by atoms with Gasteiger partial charge in [0, 0.05) is 10.4 Å². The van der Waals surface area contributed by atoms with Gasteiger partial charge in [0.25, 0.3) is 0 Å². The lowest BCUT2D eigenvalue weighted by atomic mass is 9.81. The van der Waals surface area contributed by atoms with Crippen molar-refractivity contribution in [3.8, 4) is 0 Å². The molecule has 1 aliphatic rings. The molecule has 0 spiro atoms. The van der Waals surface area contributed by atoms with Gasteiger partial charge in [-0.2, -0.15) is 0 Å². The summed E-state index contributed by atoms with van der Waals surface area (Å²) in [4.78, 5) is 13.7. The van der Waals surface area contributed by atoms with E-state index in [-0.39, 0.29) is 5.92 Å². The quantitative estimate of drug-likeness (QED) is 0.799. The molecule has 1 atom stereocenters. The summed E-state index contributed by atoms with van der Waals surface area (Å²) in [6, 6.07) is 8.07. The third kappa shape index (κ3) is 2.96. The van der Waals surface area contributed by atoms with Gasteiger partial charge in [0.2, 0.25) is 0 Å². The van der Waals surface area contributed by atoms with Crippen molar-refractivity contribution in [1.29, 1.82) is 0 Å². The van der Waals surface area contributed by atoms with E-state index in [0.29, 0.717) is 5.92 Å². The molecule has 1 unspecified atom stereocenters. The van der Waals surface area contributed by atoms with Crippen LogP contribution in [-0.2, 0) is 4.79 Å². The molecule has 0 aliphatic carbocycles. The lowest BCUT2D eigenvalue weighted by molar-refractivity contribution is -0.110. The number of carbonyl (C=O) groups excluding carboxylic acids is 1. The molecule has 1 aromatic rings. The molecule has 0 N–H and O–H groups in total. The number of aldehydes is 1. The van der Waals surface area contributed by atoms with Gasteiger partial charge in [0.1, 0.15) is 6.29 Å². The van der Waals surface area contributed by atoms with Crippen LogP contribution in [0.5, 0.6) is 0 Å². The largest absolute Gasteiger partial charge is 0.306 e. The van der Waals surface area contributed by atoms with Crippen molar-refractivity contribution in [2.75, 3.05) is 20.1 Å². The average molecular weight is 296 g/mol. The number of hydrogen-bond acceptors (Lipinski definition) is 2. The minimum absolute atomic E-state index is 0.0410. The van der Waals surface area contributed by atoms with Gasteiger partial charge in [-0.05, 0) is 50.5 Å². The Bertz CT molecular complexity index is 386. The molecular formula is C14H18BrNO. The molecule has 0 bridgehead atoms. The number of hydrogen-bond donors (Lipinski definition) is 0. The minimum atomic E-state index is 0.0410. The Kier molecular flexibility index (Phi) is 4.35. The van der Waals surface area contributed by atoms with E-state index in [4.69, 9.17) is 0 Å². The van der Waals surface area contributed by atoms with E-state index >= 15 is 0 Å². The number of piperidine rings is 1. The predicted octanol–water partition coefficient (Wildman–Crippen LogP) is 3.07. The summed E-state index contributed by atoms with van der Waals surface area (Å²) in [5.74, 6) is 0.529. The van der Waals surface area contributed by atoms with Gasteiger partial charge >= 0.3 is 0 Å². The van der Waals surface area contributed by atoms with E-state index in [0.717, 1.165) is 42.3 Å². The fourth-order valence-corrected chi connectivity index (χ4v) is 3.12. The molecule has 0 aromatic heterocycles. The molecule has 2 nitrogen and oxygen atoms in total. The van der Waals surface area contributed by atoms with Gasteiger partial charge in [0.15, 0.2) is 0 Å². The highest BCUT2D eigenvalue weighted by atomic mass is 79.9. The van der Waals surface area contributed by atoms with Crippen LogP contribution < -0.4 is 0 Å². The predicted molar refractivity (Wildman–Crippen MR) is 73.2 cm³/mol. The first-order valence-electron chi connectivity index (χ1n) is 6.10. The Morgan fingerprint density at radius 3 is 2.59 bits per heavy atom. The standard InChI is InChI=1S/C14H18BrNO/c1-16-8-6-11(7-9-16)13(10-17)12-4-2-3-5-14(12)15/h2-5,10-11,13H,6-9H2,1H3. The van der Waals surface area contributed by atoms with Crippen molar-refractivity contribution in [2.24, 2.45) is 5.92 Å². The maximum Gasteiger partial charge on any atom is 0.127 e. The molecule has 1 fully saturated rings. The molecule has 0 radical (unpaired) electrons. The second-order valence-electron chi connectivity index (χ2n) is 4.82. The van der Waals surface area contributed by atoms with Crippen molar-refractivity contribution in [1.82, 2.24) is 4.90 Å². The Labute approximate surface area is 111 Å². The lowest BCUT2D eigenvalue weighted by Crippen LogP contribution is -2.33. The van der Waals surface area contributed by atoms with E-state index < -0.39 is 0 Å². The summed E-state index contributed by atoms with van der Waals surface area (Å²) in [5.41, 5.74) is 1.14. The van der Waals surface area contributed by atoms with Crippen LogP contribution >= 0.6 is 15.9 Å². The van der Waals surface area contributed by atoms with Crippen LogP contribution in [0.1, 0.15) is 24.3 Å². The van der Waals surface area contributed by atoms with Gasteiger partial charge in [-0.1, -0.05) is 34.1 Å². The molecule has 1 aromatic carbocycles. The van der Waals surface area contributed by atoms with Gasteiger partial charge < -0.3 is 9.69 Å². The van der Waals surface area contributed by atoms with Crippen molar-refractivity contribution in [2.45, 2.75) is 18.8 Å². The zero-order chi connectivity index (χ0) is 12.3. The normalized spacial score (nSPS) is 20.1. The second kappa shape index (κ2) is 5.78. The van der Waals surface area contributed by atoms with Crippen LogP contribution in [-0.4, -0.2) is 31.3 Å². The van der Waals surface area contributed by atoms with Gasteiger partial charge in [-0.25, -0.2) is 0 Å². The highest BCUT2D eigenvalue weighted by molar-refractivity contribution is 9.10. The van der Waals surface area contributed by atoms with Crippen molar-refractivity contribution in [3.05, 3.63) is 34.3 Å². The maximum atomic E-state index is 11.4. The van der Waals surface area contributed by atoms with Crippen LogP contribution in [0.3, 0.4) is 0 Å². The first-order valence-corrected chi connectivity index (χ1v) is 6.90. The maximum absolute atomic E-state index is 11.4. The summed E-state index contributed by atoms with van der Waals surface area (Å²) in [6.45, 7) is 2.19. The van der Waals surface area contributed by atoms with Gasteiger partial charge in [-0.3, -0.25) is 0 Å². The number of nitrogens with zero attached hydrogens (tertiary/aromatic N) is 1. The molecule has 3 heteroatoms. The molecule has 0 amide bonds. The summed E-state index contributed by atoms with van der Waals surface area (Å²) < 4.78 is 1.05. The molecular weight excluding hydrogens is 278 g/mol. The van der Waals surface area contributed by atoms with Crippen LogP contribution in [0.25, 0.3) is 0 Å². The zero-order valence-corrected chi connectivity index (χ0v) is 11.7. The summed E-state index contributed by atoms with van der Waals surface area (Å²) in [6.07, 6.45) is 3.35. The van der Waals surface area contributed by atoms with Gasteiger partial charge in [0.05, 0.1) is 0 Å². The molecule has 1 saturated heterocycles. The first kappa shape index (κ1) is 12.8. The lowest BCUT2D eigenvalue weighted by Gasteiger charge is -2.32. The van der Waals surface area contributed by atoms with Crippen LogP contribution in [0.15, 0.2) is 28.7 Å². The van der Waals surface area contributed by atoms with Crippen LogP contribution in [0.4, 0.5) is 0 Å². The summed E-state index contributed by atoms with van der Waals surface area (Å²) in [7, 11) is 2.14. The molecule has 17 heavy (non-hydrogen) atoms. The van der Waals surface area contributed by atoms with Crippen LogP contribution in [0.2, 0.25) is 0 Å². The van der Waals surface area contributed by atoms with E-state index in [2.05, 4.69) is 33.9 Å². The molecule has 1 aliphatic heterocycles. The molecule has 92 valence electrons. The number of benzene rings is 1. The van der Waals surface area contributed by atoms with Gasteiger partial charge in [-0.15, -0.1) is 0 Å². The topological polar surface area (TPSA) is 20.3 Å². The third-order valence-electron chi connectivity index (χ3n) is 3.68. The number of rotatable bonds is 3. The fraction of sp³-hybridized carbons (Fsp3) is 0.500. The second-order valence-corrected chi connectivity index (χ2v) is 5.68. The van der Waals surface area contributed by atoms with Crippen molar-refractivity contribution < 1.29 is 4.79 Å². The van der Waals surface area contributed by atoms with Crippen molar-refractivity contribution in [3.63, 3.8) is 0 Å². The Morgan fingerprint density at radius 2 is 2.00 bits per heavy atom. The molecule has 1 heterocycles. The molecule has 2 rings (SSSR count). The fourth-order valence-electron chi connectivity index (χ4n) is 2.57. The Hall–Kier alpha value is -0.670. The highest BCUT2D eigenvalue weighted by Crippen LogP contribution is 2.34. The Balaban J connectivity index is 2.17. The van der Waals surface area contributed by atoms with Crippen molar-refractivity contribution >= 4 is 22.2 Å². The van der Waals surface area contributed by atoms with E-state index in [9.17, 15) is 4.79 Å². The monoisotopic (exact) mass is 295 g/mol. The van der Waals surface area contributed by atoms with E-state index in [1.807, 2.05) is 18.2 Å². The van der Waals surface area contributed by atoms with E-state index in [1.54, 1.807) is 0 Å². The zero-order valence-electron chi connectivity index (χ0n) is 10.1. The minimum Gasteiger partial charge on any atom is -0.306 e. The third-order valence-corrected chi connectivity index (χ3v) is 4.40. The first-order chi connectivity index (χ1) is 8.22. The number of likely N-dealkylation sites (tertiary alicyclic amines) is 1. The van der Waals surface area contributed by atoms with E-state index in [1.165, 1.54) is 0 Å². The number of carbonyl (C=O) groups is 1. The molecule has 0 saturated carbocycles.